The molecule has 0 aliphatic rings. The number of hydrogen-bond donors (Lipinski definition) is 2. The van der Waals surface area contributed by atoms with Gasteiger partial charge in [0.1, 0.15) is 6.54 Å². The molecule has 0 radical (unpaired) electrons. The molecule has 0 bridgehead atoms. The maximum atomic E-state index is 13.3. The zero-order chi connectivity index (χ0) is 27.3. The molecule has 0 atom stereocenters. The van der Waals surface area contributed by atoms with Crippen LogP contribution in [0.25, 0.3) is 0 Å². The number of carbonyl (C=O) groups excluding carboxylic acids is 1. The number of hydrogen-bond acceptors (Lipinski definition) is 6. The van der Waals surface area contributed by atoms with Crippen molar-refractivity contribution in [2.45, 2.75) is 23.6 Å². The van der Waals surface area contributed by atoms with E-state index in [-0.39, 0.29) is 15.5 Å². The molecule has 9 nitrogen and oxygen atoms in total. The highest BCUT2D eigenvalue weighted by Gasteiger charge is 2.27. The van der Waals surface area contributed by atoms with E-state index in [1.54, 1.807) is 30.3 Å². The lowest BCUT2D eigenvalue weighted by Gasteiger charge is -2.23. The third kappa shape index (κ3) is 6.01. The van der Waals surface area contributed by atoms with E-state index in [0.717, 1.165) is 15.4 Å². The number of aromatic nitrogens is 1. The van der Waals surface area contributed by atoms with E-state index in [0.29, 0.717) is 11.4 Å². The summed E-state index contributed by atoms with van der Waals surface area (Å²) < 4.78 is 56.0. The lowest BCUT2D eigenvalue weighted by molar-refractivity contribution is -0.114. The Morgan fingerprint density at radius 3 is 2.05 bits per heavy atom. The van der Waals surface area contributed by atoms with E-state index in [2.05, 4.69) is 15.0 Å². The number of nitrogens with zero attached hydrogens (tertiary/aromatic N) is 2. The van der Waals surface area contributed by atoms with Crippen molar-refractivity contribution in [3.8, 4) is 0 Å². The maximum Gasteiger partial charge on any atom is 0.264 e. The first-order chi connectivity index (χ1) is 18.1. The number of rotatable bonds is 9. The number of benzene rings is 3. The molecule has 3 aromatic carbocycles. The van der Waals surface area contributed by atoms with Gasteiger partial charge >= 0.3 is 0 Å². The summed E-state index contributed by atoms with van der Waals surface area (Å²) in [6.45, 7) is 3.11. The largest absolute Gasteiger partial charge is 0.325 e. The number of anilines is 3. The third-order valence-corrected chi connectivity index (χ3v) is 8.87. The van der Waals surface area contributed by atoms with Crippen molar-refractivity contribution in [3.63, 3.8) is 0 Å². The molecule has 0 unspecified atom stereocenters. The lowest BCUT2D eigenvalue weighted by atomic mass is 10.1. The molecule has 4 rings (SSSR count). The Balaban J connectivity index is 1.52. The van der Waals surface area contributed by atoms with E-state index in [4.69, 9.17) is 0 Å². The summed E-state index contributed by atoms with van der Waals surface area (Å²) in [5.41, 5.74) is 2.64. The summed E-state index contributed by atoms with van der Waals surface area (Å²) in [5, 5.41) is 2.63. The molecular formula is C27H26N4O5S2. The topological polar surface area (TPSA) is 126 Å². The number of pyridine rings is 1. The van der Waals surface area contributed by atoms with Gasteiger partial charge in [-0.15, -0.1) is 0 Å². The van der Waals surface area contributed by atoms with Crippen LogP contribution in [-0.2, 0) is 24.8 Å². The minimum Gasteiger partial charge on any atom is -0.325 e. The number of carbonyl (C=O) groups is 1. The summed E-state index contributed by atoms with van der Waals surface area (Å²) in [5.74, 6) is -0.613. The molecular weight excluding hydrogens is 524 g/mol. The monoisotopic (exact) mass is 550 g/mol. The summed E-state index contributed by atoms with van der Waals surface area (Å²) >= 11 is 0. The molecule has 38 heavy (non-hydrogen) atoms. The van der Waals surface area contributed by atoms with E-state index in [9.17, 15) is 21.6 Å². The summed E-state index contributed by atoms with van der Waals surface area (Å²) in [4.78, 5) is 16.9. The molecule has 0 aliphatic carbocycles. The van der Waals surface area contributed by atoms with Gasteiger partial charge in [-0.25, -0.2) is 16.8 Å². The van der Waals surface area contributed by atoms with Crippen LogP contribution in [-0.4, -0.2) is 34.3 Å². The number of amides is 1. The third-order valence-electron chi connectivity index (χ3n) is 5.72. The molecule has 196 valence electrons. The molecule has 0 aliphatic heterocycles. The fourth-order valence-corrected chi connectivity index (χ4v) is 6.38. The first-order valence-electron chi connectivity index (χ1n) is 11.5. The molecule has 4 aromatic rings. The Morgan fingerprint density at radius 2 is 1.45 bits per heavy atom. The summed E-state index contributed by atoms with van der Waals surface area (Å²) in [6.07, 6.45) is 2.86. The SMILES string of the molecule is Cc1cccc(C)c1NS(=O)(=O)c1ccc(NC(=O)CN(c2cccnc2)S(=O)(=O)c2ccccc2)cc1. The van der Waals surface area contributed by atoms with Gasteiger partial charge in [0.2, 0.25) is 5.91 Å². The summed E-state index contributed by atoms with van der Waals surface area (Å²) in [7, 11) is -7.93. The van der Waals surface area contributed by atoms with Crippen molar-refractivity contribution in [2.24, 2.45) is 0 Å². The minimum atomic E-state index is -4.06. The highest BCUT2D eigenvalue weighted by molar-refractivity contribution is 7.93. The van der Waals surface area contributed by atoms with Crippen LogP contribution in [0.2, 0.25) is 0 Å². The van der Waals surface area contributed by atoms with Crippen molar-refractivity contribution >= 4 is 43.0 Å². The Morgan fingerprint density at radius 1 is 0.789 bits per heavy atom. The van der Waals surface area contributed by atoms with E-state index in [1.807, 2.05) is 32.0 Å². The minimum absolute atomic E-state index is 0.0155. The van der Waals surface area contributed by atoms with E-state index >= 15 is 0 Å². The van der Waals surface area contributed by atoms with Crippen molar-refractivity contribution in [2.75, 3.05) is 20.9 Å². The highest BCUT2D eigenvalue weighted by Crippen LogP contribution is 2.25. The summed E-state index contributed by atoms with van der Waals surface area (Å²) in [6, 6.07) is 22.0. The quantitative estimate of drug-likeness (QED) is 0.320. The van der Waals surface area contributed by atoms with Crippen LogP contribution < -0.4 is 14.3 Å². The molecule has 0 saturated carbocycles. The van der Waals surface area contributed by atoms with Crippen molar-refractivity contribution in [1.82, 2.24) is 4.98 Å². The fourth-order valence-electron chi connectivity index (χ4n) is 3.75. The van der Waals surface area contributed by atoms with Gasteiger partial charge in [0.25, 0.3) is 20.0 Å². The Hall–Kier alpha value is -4.22. The standard InChI is InChI=1S/C27H26N4O5S2/c1-20-8-6-9-21(2)27(20)30-37(33,34)24-15-13-22(14-16-24)29-26(32)19-31(23-10-7-17-28-18-23)38(35,36)25-11-4-3-5-12-25/h3-18,30H,19H2,1-2H3,(H,29,32). The van der Waals surface area contributed by atoms with Crippen LogP contribution in [0.5, 0.6) is 0 Å². The smallest absolute Gasteiger partial charge is 0.264 e. The highest BCUT2D eigenvalue weighted by atomic mass is 32.2. The maximum absolute atomic E-state index is 13.3. The van der Waals surface area contributed by atoms with Gasteiger partial charge in [0.15, 0.2) is 0 Å². The molecule has 11 heteroatoms. The lowest BCUT2D eigenvalue weighted by Crippen LogP contribution is -2.38. The molecule has 1 aromatic heterocycles. The van der Waals surface area contributed by atoms with Gasteiger partial charge < -0.3 is 5.32 Å². The van der Waals surface area contributed by atoms with E-state index in [1.165, 1.54) is 48.8 Å². The van der Waals surface area contributed by atoms with E-state index < -0.39 is 32.5 Å². The van der Waals surface area contributed by atoms with Crippen molar-refractivity contribution in [3.05, 3.63) is 108 Å². The van der Waals surface area contributed by atoms with Gasteiger partial charge in [0, 0.05) is 11.9 Å². The first kappa shape index (κ1) is 26.8. The second-order valence-electron chi connectivity index (χ2n) is 8.48. The Labute approximate surface area is 222 Å². The molecule has 1 heterocycles. The zero-order valence-corrected chi connectivity index (χ0v) is 22.3. The second kappa shape index (κ2) is 11.0. The number of sulfonamides is 2. The molecule has 0 saturated heterocycles. The Kier molecular flexibility index (Phi) is 7.79. The van der Waals surface area contributed by atoms with Crippen molar-refractivity contribution < 1.29 is 21.6 Å². The molecule has 0 fully saturated rings. The van der Waals surface area contributed by atoms with Crippen LogP contribution in [0.1, 0.15) is 11.1 Å². The van der Waals surface area contributed by atoms with Gasteiger partial charge in [-0.3, -0.25) is 18.8 Å². The van der Waals surface area contributed by atoms with Crippen LogP contribution in [0.4, 0.5) is 17.1 Å². The van der Waals surface area contributed by atoms with Gasteiger partial charge in [0.05, 0.1) is 27.4 Å². The normalized spacial score (nSPS) is 11.5. The van der Waals surface area contributed by atoms with Gasteiger partial charge in [-0.2, -0.15) is 0 Å². The van der Waals surface area contributed by atoms with Crippen LogP contribution in [0.3, 0.4) is 0 Å². The number of para-hydroxylation sites is 1. The fraction of sp³-hybridized carbons (Fsp3) is 0.111. The second-order valence-corrected chi connectivity index (χ2v) is 12.0. The average molecular weight is 551 g/mol. The van der Waals surface area contributed by atoms with Gasteiger partial charge in [-0.05, 0) is 73.5 Å². The van der Waals surface area contributed by atoms with Crippen LogP contribution in [0.15, 0.2) is 107 Å². The van der Waals surface area contributed by atoms with Crippen molar-refractivity contribution in [1.29, 1.82) is 0 Å². The van der Waals surface area contributed by atoms with Crippen LogP contribution >= 0.6 is 0 Å². The molecule has 1 amide bonds. The number of aryl methyl sites for hydroxylation is 2. The predicted molar refractivity (Wildman–Crippen MR) is 147 cm³/mol. The zero-order valence-electron chi connectivity index (χ0n) is 20.7. The molecule has 0 spiro atoms. The van der Waals surface area contributed by atoms with Gasteiger partial charge in [-0.1, -0.05) is 36.4 Å². The first-order valence-corrected chi connectivity index (χ1v) is 14.5. The van der Waals surface area contributed by atoms with Crippen LogP contribution in [0, 0.1) is 13.8 Å². The Bertz CT molecular complexity index is 1620. The number of nitrogens with one attached hydrogen (secondary N) is 2. The predicted octanol–water partition coefficient (Wildman–Crippen LogP) is 4.33. The molecule has 2 N–H and O–H groups in total. The average Bonchev–Trinajstić information content (AvgIpc) is 2.91.